The van der Waals surface area contributed by atoms with E-state index in [0.29, 0.717) is 0 Å². The number of carbonyl (C=O) groups excluding carboxylic acids is 1. The molecule has 0 aliphatic heterocycles. The molecule has 1 saturated carbocycles. The molecular weight excluding hydrogens is 279 g/mol. The lowest BCUT2D eigenvalue weighted by atomic mass is 9.87. The molecular formula is C15H20ClFN2O. The number of rotatable bonds is 3. The minimum atomic E-state index is -0.435. The van der Waals surface area contributed by atoms with Crippen LogP contribution in [-0.2, 0) is 4.79 Å². The van der Waals surface area contributed by atoms with Crippen molar-refractivity contribution in [3.05, 3.63) is 29.0 Å². The highest BCUT2D eigenvalue weighted by atomic mass is 35.5. The SMILES string of the molecule is CC(=O)N(C)C1(Nc2ccc(F)c(Cl)c2)CCCCC1. The Morgan fingerprint density at radius 3 is 2.55 bits per heavy atom. The molecule has 1 aliphatic carbocycles. The van der Waals surface area contributed by atoms with Gasteiger partial charge in [0.05, 0.1) is 5.02 Å². The number of anilines is 1. The third-order valence-corrected chi connectivity index (χ3v) is 4.38. The van der Waals surface area contributed by atoms with Crippen molar-refractivity contribution in [3.8, 4) is 0 Å². The summed E-state index contributed by atoms with van der Waals surface area (Å²) in [6, 6.07) is 4.57. The standard InChI is InChI=1S/C15H20ClFN2O/c1-11(20)19(2)15(8-4-3-5-9-15)18-12-6-7-14(17)13(16)10-12/h6-7,10,18H,3-5,8-9H2,1-2H3. The molecule has 1 aromatic carbocycles. The summed E-state index contributed by atoms with van der Waals surface area (Å²) in [6.45, 7) is 1.57. The normalized spacial score (nSPS) is 17.6. The molecule has 5 heteroatoms. The molecule has 0 spiro atoms. The predicted octanol–water partition coefficient (Wildman–Crippen LogP) is 4.03. The Morgan fingerprint density at radius 1 is 1.35 bits per heavy atom. The van der Waals surface area contributed by atoms with Crippen LogP contribution in [0.15, 0.2) is 18.2 Å². The molecule has 110 valence electrons. The number of halogens is 2. The van der Waals surface area contributed by atoms with Gasteiger partial charge in [0.1, 0.15) is 11.5 Å². The van der Waals surface area contributed by atoms with E-state index in [-0.39, 0.29) is 10.9 Å². The van der Waals surface area contributed by atoms with Crippen molar-refractivity contribution in [1.29, 1.82) is 0 Å². The van der Waals surface area contributed by atoms with Gasteiger partial charge in [-0.1, -0.05) is 18.0 Å². The van der Waals surface area contributed by atoms with Crippen molar-refractivity contribution in [3.63, 3.8) is 0 Å². The van der Waals surface area contributed by atoms with E-state index in [1.54, 1.807) is 24.0 Å². The summed E-state index contributed by atoms with van der Waals surface area (Å²) in [6.07, 6.45) is 5.09. The van der Waals surface area contributed by atoms with Crippen LogP contribution in [0.5, 0.6) is 0 Å². The van der Waals surface area contributed by atoms with E-state index in [1.807, 2.05) is 7.05 Å². The Balaban J connectivity index is 2.27. The molecule has 1 N–H and O–H groups in total. The van der Waals surface area contributed by atoms with Crippen LogP contribution in [0.2, 0.25) is 5.02 Å². The Kier molecular flexibility index (Phi) is 4.53. The summed E-state index contributed by atoms with van der Waals surface area (Å²) in [5.74, 6) is -0.414. The molecule has 1 amide bonds. The van der Waals surface area contributed by atoms with E-state index < -0.39 is 11.5 Å². The van der Waals surface area contributed by atoms with Gasteiger partial charge in [0.25, 0.3) is 0 Å². The highest BCUT2D eigenvalue weighted by Gasteiger charge is 2.37. The van der Waals surface area contributed by atoms with Crippen molar-refractivity contribution >= 4 is 23.2 Å². The number of hydrogen-bond acceptors (Lipinski definition) is 2. The van der Waals surface area contributed by atoms with Gasteiger partial charge in [0.2, 0.25) is 5.91 Å². The van der Waals surface area contributed by atoms with E-state index in [1.165, 1.54) is 12.5 Å². The second-order valence-corrected chi connectivity index (χ2v) is 5.83. The number of nitrogens with zero attached hydrogens (tertiary/aromatic N) is 1. The number of benzene rings is 1. The Hall–Kier alpha value is -1.29. The highest BCUT2D eigenvalue weighted by Crippen LogP contribution is 2.34. The number of nitrogens with one attached hydrogen (secondary N) is 1. The van der Waals surface area contributed by atoms with E-state index in [0.717, 1.165) is 31.4 Å². The molecule has 0 bridgehead atoms. The Bertz CT molecular complexity index is 501. The topological polar surface area (TPSA) is 32.3 Å². The molecule has 3 nitrogen and oxygen atoms in total. The van der Waals surface area contributed by atoms with Crippen LogP contribution in [0.1, 0.15) is 39.0 Å². The monoisotopic (exact) mass is 298 g/mol. The molecule has 0 saturated heterocycles. The third kappa shape index (κ3) is 3.06. The van der Waals surface area contributed by atoms with Crippen LogP contribution >= 0.6 is 11.6 Å². The largest absolute Gasteiger partial charge is 0.363 e. The van der Waals surface area contributed by atoms with Gasteiger partial charge >= 0.3 is 0 Å². The van der Waals surface area contributed by atoms with Gasteiger partial charge in [0, 0.05) is 19.7 Å². The van der Waals surface area contributed by atoms with Crippen LogP contribution in [-0.4, -0.2) is 23.5 Å². The zero-order chi connectivity index (χ0) is 14.8. The lowest BCUT2D eigenvalue weighted by Crippen LogP contribution is -2.55. The van der Waals surface area contributed by atoms with Gasteiger partial charge in [-0.2, -0.15) is 0 Å². The summed E-state index contributed by atoms with van der Waals surface area (Å²) in [7, 11) is 1.81. The molecule has 0 radical (unpaired) electrons. The van der Waals surface area contributed by atoms with Gasteiger partial charge in [-0.25, -0.2) is 4.39 Å². The molecule has 0 atom stereocenters. The van der Waals surface area contributed by atoms with Crippen molar-refractivity contribution in [2.45, 2.75) is 44.7 Å². The zero-order valence-corrected chi connectivity index (χ0v) is 12.6. The molecule has 1 aliphatic rings. The van der Waals surface area contributed by atoms with Gasteiger partial charge < -0.3 is 10.2 Å². The maximum atomic E-state index is 13.2. The molecule has 1 fully saturated rings. The summed E-state index contributed by atoms with van der Waals surface area (Å²) in [5, 5.41) is 3.49. The average Bonchev–Trinajstić information content (AvgIpc) is 2.43. The molecule has 0 unspecified atom stereocenters. The highest BCUT2D eigenvalue weighted by molar-refractivity contribution is 6.31. The van der Waals surface area contributed by atoms with E-state index in [9.17, 15) is 9.18 Å². The lowest BCUT2D eigenvalue weighted by Gasteiger charge is -2.45. The molecule has 20 heavy (non-hydrogen) atoms. The van der Waals surface area contributed by atoms with E-state index in [4.69, 9.17) is 11.6 Å². The number of amides is 1. The van der Waals surface area contributed by atoms with Gasteiger partial charge in [-0.05, 0) is 43.9 Å². The predicted molar refractivity (Wildman–Crippen MR) is 79.3 cm³/mol. The maximum absolute atomic E-state index is 13.2. The summed E-state index contributed by atoms with van der Waals surface area (Å²) < 4.78 is 13.2. The number of carbonyl (C=O) groups is 1. The minimum Gasteiger partial charge on any atom is -0.363 e. The van der Waals surface area contributed by atoms with Crippen molar-refractivity contribution < 1.29 is 9.18 Å². The Morgan fingerprint density at radius 2 is 2.00 bits per heavy atom. The fourth-order valence-corrected chi connectivity index (χ4v) is 3.01. The van der Waals surface area contributed by atoms with Crippen LogP contribution in [0.4, 0.5) is 10.1 Å². The van der Waals surface area contributed by atoms with Crippen molar-refractivity contribution in [2.75, 3.05) is 12.4 Å². The van der Waals surface area contributed by atoms with Crippen LogP contribution in [0, 0.1) is 5.82 Å². The minimum absolute atomic E-state index is 0.0209. The van der Waals surface area contributed by atoms with Crippen molar-refractivity contribution in [2.24, 2.45) is 0 Å². The first-order chi connectivity index (χ1) is 9.44. The smallest absolute Gasteiger partial charge is 0.221 e. The molecule has 1 aromatic rings. The van der Waals surface area contributed by atoms with E-state index in [2.05, 4.69) is 5.32 Å². The fraction of sp³-hybridized carbons (Fsp3) is 0.533. The average molecular weight is 299 g/mol. The zero-order valence-electron chi connectivity index (χ0n) is 11.9. The second kappa shape index (κ2) is 6.00. The van der Waals surface area contributed by atoms with Gasteiger partial charge in [0.15, 0.2) is 0 Å². The Labute approximate surface area is 124 Å². The first-order valence-corrected chi connectivity index (χ1v) is 7.30. The third-order valence-electron chi connectivity index (χ3n) is 4.09. The number of hydrogen-bond donors (Lipinski definition) is 1. The van der Waals surface area contributed by atoms with Crippen LogP contribution in [0.3, 0.4) is 0 Å². The first kappa shape index (κ1) is 15.1. The molecule has 2 rings (SSSR count). The second-order valence-electron chi connectivity index (χ2n) is 5.42. The quantitative estimate of drug-likeness (QED) is 0.855. The maximum Gasteiger partial charge on any atom is 0.221 e. The fourth-order valence-electron chi connectivity index (χ4n) is 2.82. The van der Waals surface area contributed by atoms with Gasteiger partial charge in [-0.3, -0.25) is 4.79 Å². The van der Waals surface area contributed by atoms with Crippen molar-refractivity contribution in [1.82, 2.24) is 4.90 Å². The summed E-state index contributed by atoms with van der Waals surface area (Å²) in [4.78, 5) is 13.5. The molecule has 0 aromatic heterocycles. The van der Waals surface area contributed by atoms with Gasteiger partial charge in [-0.15, -0.1) is 0 Å². The molecule has 0 heterocycles. The van der Waals surface area contributed by atoms with Crippen LogP contribution in [0.25, 0.3) is 0 Å². The summed E-state index contributed by atoms with van der Waals surface area (Å²) in [5.41, 5.74) is 0.344. The summed E-state index contributed by atoms with van der Waals surface area (Å²) >= 11 is 5.82. The lowest BCUT2D eigenvalue weighted by molar-refractivity contribution is -0.133. The first-order valence-electron chi connectivity index (χ1n) is 6.92. The van der Waals surface area contributed by atoms with E-state index >= 15 is 0 Å². The van der Waals surface area contributed by atoms with Crippen LogP contribution < -0.4 is 5.32 Å².